The maximum Gasteiger partial charge on any atom is 0.0438 e. The third-order valence-electron chi connectivity index (χ3n) is 3.27. The highest BCUT2D eigenvalue weighted by Crippen LogP contribution is 2.33. The van der Waals surface area contributed by atoms with Crippen LogP contribution in [0.15, 0.2) is 24.3 Å². The molecule has 14 heavy (non-hydrogen) atoms. The number of hydrogen-bond donors (Lipinski definition) is 1. The number of halogens is 1. The summed E-state index contributed by atoms with van der Waals surface area (Å²) in [5.41, 5.74) is 1.75. The Balaban J connectivity index is 2.13. The van der Waals surface area contributed by atoms with Crippen molar-refractivity contribution in [3.63, 3.8) is 0 Å². The monoisotopic (exact) mass is 209 g/mol. The maximum absolute atomic E-state index is 6.15. The van der Waals surface area contributed by atoms with Crippen molar-refractivity contribution in [2.24, 2.45) is 5.41 Å². The molecule has 0 radical (unpaired) electrons. The summed E-state index contributed by atoms with van der Waals surface area (Å²) in [6.07, 6.45) is 2.33. The highest BCUT2D eigenvalue weighted by molar-refractivity contribution is 6.31. The smallest absolute Gasteiger partial charge is 0.0438 e. The van der Waals surface area contributed by atoms with E-state index in [4.69, 9.17) is 11.6 Å². The van der Waals surface area contributed by atoms with Gasteiger partial charge < -0.3 is 5.32 Å². The minimum atomic E-state index is 0.463. The van der Waals surface area contributed by atoms with Crippen LogP contribution in [0.25, 0.3) is 0 Å². The molecule has 0 aromatic heterocycles. The van der Waals surface area contributed by atoms with Crippen molar-refractivity contribution in [1.82, 2.24) is 5.32 Å². The molecule has 2 rings (SSSR count). The molecule has 1 saturated heterocycles. The predicted molar refractivity (Wildman–Crippen MR) is 60.7 cm³/mol. The van der Waals surface area contributed by atoms with Gasteiger partial charge in [-0.15, -0.1) is 0 Å². The van der Waals surface area contributed by atoms with Crippen LogP contribution < -0.4 is 5.32 Å². The average Bonchev–Trinajstić information content (AvgIpc) is 2.14. The highest BCUT2D eigenvalue weighted by Gasteiger charge is 2.35. The van der Waals surface area contributed by atoms with Gasteiger partial charge in [0, 0.05) is 18.1 Å². The van der Waals surface area contributed by atoms with Gasteiger partial charge in [0.15, 0.2) is 0 Å². The van der Waals surface area contributed by atoms with Crippen LogP contribution in [0.4, 0.5) is 0 Å². The second kappa shape index (κ2) is 3.92. The Kier molecular flexibility index (Phi) is 2.80. The molecule has 1 aliphatic rings. The zero-order valence-electron chi connectivity index (χ0n) is 8.52. The van der Waals surface area contributed by atoms with Gasteiger partial charge in [0.2, 0.25) is 0 Å². The van der Waals surface area contributed by atoms with E-state index >= 15 is 0 Å². The molecule has 76 valence electrons. The molecule has 0 amide bonds. The van der Waals surface area contributed by atoms with E-state index in [0.29, 0.717) is 5.41 Å². The summed E-state index contributed by atoms with van der Waals surface area (Å²) in [6, 6.07) is 8.17. The van der Waals surface area contributed by atoms with Crippen LogP contribution in [-0.2, 0) is 6.42 Å². The fraction of sp³-hybridized carbons (Fsp3) is 0.500. The Bertz CT molecular complexity index is 312. The summed E-state index contributed by atoms with van der Waals surface area (Å²) in [5.74, 6) is 0. The number of benzene rings is 1. The molecular weight excluding hydrogens is 194 g/mol. The first-order valence-corrected chi connectivity index (χ1v) is 5.58. The van der Waals surface area contributed by atoms with Crippen LogP contribution in [0.3, 0.4) is 0 Å². The molecule has 0 atom stereocenters. The van der Waals surface area contributed by atoms with Crippen LogP contribution in [0.2, 0.25) is 5.02 Å². The van der Waals surface area contributed by atoms with E-state index in [9.17, 15) is 0 Å². The fourth-order valence-electron chi connectivity index (χ4n) is 2.02. The molecule has 1 fully saturated rings. The Labute approximate surface area is 90.5 Å². The van der Waals surface area contributed by atoms with Gasteiger partial charge in [0.25, 0.3) is 0 Å². The third-order valence-corrected chi connectivity index (χ3v) is 3.64. The molecule has 0 saturated carbocycles. The SMILES string of the molecule is CCC1(Cc2ccccc2Cl)CNC1. The molecule has 1 nitrogen and oxygen atoms in total. The minimum Gasteiger partial charge on any atom is -0.316 e. The molecule has 0 aliphatic carbocycles. The number of rotatable bonds is 3. The van der Waals surface area contributed by atoms with Crippen LogP contribution in [0, 0.1) is 5.41 Å². The third kappa shape index (κ3) is 1.79. The van der Waals surface area contributed by atoms with Crippen LogP contribution >= 0.6 is 11.6 Å². The summed E-state index contributed by atoms with van der Waals surface area (Å²) in [4.78, 5) is 0. The van der Waals surface area contributed by atoms with Crippen molar-refractivity contribution in [3.8, 4) is 0 Å². The fourth-order valence-corrected chi connectivity index (χ4v) is 2.23. The van der Waals surface area contributed by atoms with E-state index in [1.807, 2.05) is 12.1 Å². The topological polar surface area (TPSA) is 12.0 Å². The minimum absolute atomic E-state index is 0.463. The van der Waals surface area contributed by atoms with Gasteiger partial charge in [-0.2, -0.15) is 0 Å². The van der Waals surface area contributed by atoms with E-state index < -0.39 is 0 Å². The van der Waals surface area contributed by atoms with Crippen LogP contribution in [0.5, 0.6) is 0 Å². The summed E-state index contributed by atoms with van der Waals surface area (Å²) in [7, 11) is 0. The molecule has 1 aromatic rings. The van der Waals surface area contributed by atoms with Gasteiger partial charge in [0.1, 0.15) is 0 Å². The van der Waals surface area contributed by atoms with Crippen molar-refractivity contribution in [1.29, 1.82) is 0 Å². The van der Waals surface area contributed by atoms with E-state index in [2.05, 4.69) is 24.4 Å². The quantitative estimate of drug-likeness (QED) is 0.808. The molecule has 1 heterocycles. The first-order valence-electron chi connectivity index (χ1n) is 5.20. The second-order valence-electron chi connectivity index (χ2n) is 4.23. The summed E-state index contributed by atoms with van der Waals surface area (Å²) >= 11 is 6.15. The van der Waals surface area contributed by atoms with Gasteiger partial charge in [-0.25, -0.2) is 0 Å². The van der Waals surface area contributed by atoms with Gasteiger partial charge in [-0.05, 0) is 29.9 Å². The zero-order valence-corrected chi connectivity index (χ0v) is 9.27. The maximum atomic E-state index is 6.15. The molecule has 1 aliphatic heterocycles. The summed E-state index contributed by atoms with van der Waals surface area (Å²) < 4.78 is 0. The van der Waals surface area contributed by atoms with Crippen molar-refractivity contribution in [3.05, 3.63) is 34.9 Å². The molecular formula is C12H16ClN. The lowest BCUT2D eigenvalue weighted by Crippen LogP contribution is -2.54. The first-order chi connectivity index (χ1) is 6.76. The Hall–Kier alpha value is -0.530. The van der Waals surface area contributed by atoms with Crippen LogP contribution in [-0.4, -0.2) is 13.1 Å². The number of nitrogens with one attached hydrogen (secondary N) is 1. The first kappa shape index (κ1) is 10.0. The lowest BCUT2D eigenvalue weighted by Gasteiger charge is -2.42. The van der Waals surface area contributed by atoms with Gasteiger partial charge in [-0.1, -0.05) is 36.7 Å². The molecule has 0 spiro atoms. The van der Waals surface area contributed by atoms with E-state index in [1.165, 1.54) is 12.0 Å². The zero-order chi connectivity index (χ0) is 10.0. The summed E-state index contributed by atoms with van der Waals surface area (Å²) in [6.45, 7) is 4.53. The lowest BCUT2D eigenvalue weighted by atomic mass is 9.74. The van der Waals surface area contributed by atoms with Gasteiger partial charge >= 0.3 is 0 Å². The van der Waals surface area contributed by atoms with E-state index in [-0.39, 0.29) is 0 Å². The predicted octanol–water partition coefficient (Wildman–Crippen LogP) is 2.88. The van der Waals surface area contributed by atoms with Crippen molar-refractivity contribution in [2.45, 2.75) is 19.8 Å². The molecule has 0 unspecified atom stereocenters. The van der Waals surface area contributed by atoms with Crippen molar-refractivity contribution < 1.29 is 0 Å². The van der Waals surface area contributed by atoms with Gasteiger partial charge in [0.05, 0.1) is 0 Å². The molecule has 1 aromatic carbocycles. The highest BCUT2D eigenvalue weighted by atomic mass is 35.5. The number of hydrogen-bond acceptors (Lipinski definition) is 1. The standard InChI is InChI=1S/C12H16ClN/c1-2-12(8-14-9-12)7-10-5-3-4-6-11(10)13/h3-6,14H,2,7-9H2,1H3. The van der Waals surface area contributed by atoms with E-state index in [0.717, 1.165) is 24.5 Å². The molecule has 1 N–H and O–H groups in total. The Morgan fingerprint density at radius 2 is 2.07 bits per heavy atom. The normalized spacial score (nSPS) is 19.0. The van der Waals surface area contributed by atoms with Crippen molar-refractivity contribution >= 4 is 11.6 Å². The van der Waals surface area contributed by atoms with Crippen LogP contribution in [0.1, 0.15) is 18.9 Å². The Morgan fingerprint density at radius 1 is 1.36 bits per heavy atom. The largest absolute Gasteiger partial charge is 0.316 e. The van der Waals surface area contributed by atoms with Crippen molar-refractivity contribution in [2.75, 3.05) is 13.1 Å². The molecule has 0 bridgehead atoms. The van der Waals surface area contributed by atoms with E-state index in [1.54, 1.807) is 0 Å². The Morgan fingerprint density at radius 3 is 2.57 bits per heavy atom. The van der Waals surface area contributed by atoms with Gasteiger partial charge in [-0.3, -0.25) is 0 Å². The lowest BCUT2D eigenvalue weighted by molar-refractivity contribution is 0.160. The molecule has 2 heteroatoms. The summed E-state index contributed by atoms with van der Waals surface area (Å²) in [5, 5.41) is 4.26. The second-order valence-corrected chi connectivity index (χ2v) is 4.63. The average molecular weight is 210 g/mol.